The van der Waals surface area contributed by atoms with E-state index in [1.165, 1.54) is 6.92 Å². The zero-order chi connectivity index (χ0) is 16.9. The van der Waals surface area contributed by atoms with E-state index in [9.17, 15) is 33.0 Å². The molecule has 3 amide bonds. The third-order valence-corrected chi connectivity index (χ3v) is 3.86. The maximum Gasteiger partial charge on any atom is 0.422 e. The fourth-order valence-electron chi connectivity index (χ4n) is 2.47. The second-order valence-corrected chi connectivity index (χ2v) is 5.34. The van der Waals surface area contributed by atoms with Crippen molar-refractivity contribution in [1.82, 2.24) is 10.2 Å². The zero-order valence-corrected chi connectivity index (χ0v) is 11.4. The van der Waals surface area contributed by atoms with Gasteiger partial charge in [0.05, 0.1) is 12.5 Å². The molecule has 0 aliphatic carbocycles. The minimum atomic E-state index is -5.18. The largest absolute Gasteiger partial charge is 0.422 e. The molecule has 4 N–H and O–H groups in total. The van der Waals surface area contributed by atoms with Crippen molar-refractivity contribution in [3.8, 4) is 0 Å². The minimum absolute atomic E-state index is 0.293. The van der Waals surface area contributed by atoms with Crippen LogP contribution < -0.4 is 5.32 Å². The summed E-state index contributed by atoms with van der Waals surface area (Å²) in [5.74, 6) is -1.35. The fourth-order valence-corrected chi connectivity index (χ4v) is 2.47. The highest BCUT2D eigenvalue weighted by molar-refractivity contribution is 5.97. The predicted octanol–water partition coefficient (Wildman–Crippen LogP) is -1.45. The first-order chi connectivity index (χ1) is 10.0. The Kier molecular flexibility index (Phi) is 4.11. The molecule has 0 spiro atoms. The number of hydrogen-bond donors (Lipinski definition) is 4. The number of amides is 3. The van der Waals surface area contributed by atoms with Gasteiger partial charge in [-0.05, 0) is 0 Å². The molecule has 0 aromatic rings. The summed E-state index contributed by atoms with van der Waals surface area (Å²) in [7, 11) is 0. The number of halogens is 3. The molecular weight excluding hydrogens is 313 g/mol. The molecule has 1 unspecified atom stereocenters. The second-order valence-electron chi connectivity index (χ2n) is 5.34. The molecule has 2 fully saturated rings. The Morgan fingerprint density at radius 3 is 2.45 bits per heavy atom. The first-order valence-corrected chi connectivity index (χ1v) is 6.38. The number of aliphatic hydroxyl groups is 3. The molecule has 0 aromatic carbocycles. The van der Waals surface area contributed by atoms with Gasteiger partial charge in [-0.15, -0.1) is 0 Å². The minimum Gasteiger partial charge on any atom is -0.393 e. The van der Waals surface area contributed by atoms with Gasteiger partial charge in [0.25, 0.3) is 0 Å². The highest BCUT2D eigenvalue weighted by atomic mass is 19.4. The highest BCUT2D eigenvalue weighted by Gasteiger charge is 2.69. The van der Waals surface area contributed by atoms with E-state index in [2.05, 4.69) is 4.74 Å². The van der Waals surface area contributed by atoms with Crippen LogP contribution in [0.25, 0.3) is 0 Å². The third-order valence-electron chi connectivity index (χ3n) is 3.86. The molecule has 126 valence electrons. The van der Waals surface area contributed by atoms with Crippen LogP contribution in [0, 0.1) is 5.92 Å². The standard InChI is InChI=1S/C11H15F3N2O6/c1-4-2-16(9(21)15-7(4)20)8-5(18)6(19)10(3-17,22-8)11(12,13)14/h4-6,8,17-19H,2-3H2,1H3,(H,15,20,21)/t4?,5-,6+,8-,10-/m1/s1. The predicted molar refractivity (Wildman–Crippen MR) is 62.2 cm³/mol. The van der Waals surface area contributed by atoms with Crippen molar-refractivity contribution in [2.45, 2.75) is 37.1 Å². The molecule has 0 saturated carbocycles. The Bertz CT molecular complexity index is 487. The molecule has 0 aromatic heterocycles. The van der Waals surface area contributed by atoms with Crippen molar-refractivity contribution in [3.05, 3.63) is 0 Å². The lowest BCUT2D eigenvalue weighted by Crippen LogP contribution is -2.59. The van der Waals surface area contributed by atoms with Crippen molar-refractivity contribution in [3.63, 3.8) is 0 Å². The number of ether oxygens (including phenoxy) is 1. The van der Waals surface area contributed by atoms with Crippen molar-refractivity contribution in [2.75, 3.05) is 13.2 Å². The number of carbonyl (C=O) groups excluding carboxylic acids is 2. The second kappa shape index (κ2) is 5.33. The first-order valence-electron chi connectivity index (χ1n) is 6.38. The Hall–Kier alpha value is -1.43. The Morgan fingerprint density at radius 1 is 1.41 bits per heavy atom. The van der Waals surface area contributed by atoms with Crippen LogP contribution in [0.5, 0.6) is 0 Å². The summed E-state index contributed by atoms with van der Waals surface area (Å²) in [6, 6.07) is -1.05. The van der Waals surface area contributed by atoms with Gasteiger partial charge in [0, 0.05) is 6.54 Å². The van der Waals surface area contributed by atoms with Gasteiger partial charge in [-0.25, -0.2) is 4.79 Å². The average molecular weight is 328 g/mol. The van der Waals surface area contributed by atoms with E-state index in [1.54, 1.807) is 0 Å². The van der Waals surface area contributed by atoms with E-state index in [0.29, 0.717) is 4.90 Å². The maximum atomic E-state index is 13.1. The lowest BCUT2D eigenvalue weighted by atomic mass is 9.95. The van der Waals surface area contributed by atoms with Gasteiger partial charge >= 0.3 is 12.2 Å². The van der Waals surface area contributed by atoms with Crippen LogP contribution in [-0.2, 0) is 9.53 Å². The highest BCUT2D eigenvalue weighted by Crippen LogP contribution is 2.44. The molecule has 2 aliphatic rings. The molecule has 2 heterocycles. The Morgan fingerprint density at radius 2 is 2.00 bits per heavy atom. The van der Waals surface area contributed by atoms with Crippen LogP contribution in [0.1, 0.15) is 6.92 Å². The van der Waals surface area contributed by atoms with Crippen molar-refractivity contribution in [1.29, 1.82) is 0 Å². The van der Waals surface area contributed by atoms with Crippen molar-refractivity contribution in [2.24, 2.45) is 5.92 Å². The van der Waals surface area contributed by atoms with Crippen molar-refractivity contribution >= 4 is 11.9 Å². The summed E-state index contributed by atoms with van der Waals surface area (Å²) < 4.78 is 43.9. The quantitative estimate of drug-likeness (QED) is 0.492. The van der Waals surface area contributed by atoms with E-state index in [4.69, 9.17) is 5.11 Å². The maximum absolute atomic E-state index is 13.1. The van der Waals surface area contributed by atoms with Gasteiger partial charge in [-0.3, -0.25) is 15.0 Å². The van der Waals surface area contributed by atoms with Crippen molar-refractivity contribution < 1.29 is 42.8 Å². The van der Waals surface area contributed by atoms with E-state index >= 15 is 0 Å². The third kappa shape index (κ3) is 2.33. The van der Waals surface area contributed by atoms with Gasteiger partial charge in [0.2, 0.25) is 11.5 Å². The van der Waals surface area contributed by atoms with E-state index < -0.39 is 54.7 Å². The Balaban J connectivity index is 2.30. The number of alkyl halides is 3. The zero-order valence-electron chi connectivity index (χ0n) is 11.4. The molecular formula is C11H15F3N2O6. The van der Waals surface area contributed by atoms with Crippen LogP contribution in [0.3, 0.4) is 0 Å². The first kappa shape index (κ1) is 16.9. The number of urea groups is 1. The average Bonchev–Trinajstić information content (AvgIpc) is 2.67. The monoisotopic (exact) mass is 328 g/mol. The van der Waals surface area contributed by atoms with Crippen LogP contribution in [-0.4, -0.2) is 75.5 Å². The fraction of sp³-hybridized carbons (Fsp3) is 0.818. The summed E-state index contributed by atoms with van der Waals surface area (Å²) in [6.45, 7) is -0.497. The normalized spacial score (nSPS) is 40.0. The molecule has 2 rings (SSSR count). The molecule has 5 atom stereocenters. The summed E-state index contributed by atoms with van der Waals surface area (Å²) >= 11 is 0. The molecule has 2 saturated heterocycles. The molecule has 22 heavy (non-hydrogen) atoms. The van der Waals surface area contributed by atoms with Gasteiger partial charge in [-0.2, -0.15) is 13.2 Å². The summed E-state index contributed by atoms with van der Waals surface area (Å²) in [5, 5.41) is 30.4. The molecule has 2 aliphatic heterocycles. The SMILES string of the molecule is CC1CN([C@@H]2O[C@@](CO)(C(F)(F)F)[C@@H](O)[C@H]2O)C(=O)NC1=O. The van der Waals surface area contributed by atoms with Crippen LogP contribution >= 0.6 is 0 Å². The number of carbonyl (C=O) groups is 2. The van der Waals surface area contributed by atoms with Gasteiger partial charge in [0.15, 0.2) is 6.23 Å². The lowest BCUT2D eigenvalue weighted by Gasteiger charge is -2.36. The number of hydrogen-bond acceptors (Lipinski definition) is 6. The summed E-state index contributed by atoms with van der Waals surface area (Å²) in [4.78, 5) is 23.7. The molecule has 8 nitrogen and oxygen atoms in total. The topological polar surface area (TPSA) is 119 Å². The smallest absolute Gasteiger partial charge is 0.393 e. The molecule has 11 heteroatoms. The van der Waals surface area contributed by atoms with Crippen LogP contribution in [0.4, 0.5) is 18.0 Å². The van der Waals surface area contributed by atoms with E-state index in [1.807, 2.05) is 5.32 Å². The number of nitrogens with zero attached hydrogens (tertiary/aromatic N) is 1. The lowest BCUT2D eigenvalue weighted by molar-refractivity contribution is -0.307. The molecule has 0 radical (unpaired) electrons. The summed E-state index contributed by atoms with van der Waals surface area (Å²) in [5.41, 5.74) is -3.40. The summed E-state index contributed by atoms with van der Waals surface area (Å²) in [6.07, 6.45) is -11.6. The number of aliphatic hydroxyl groups excluding tert-OH is 3. The number of nitrogens with one attached hydrogen (secondary N) is 1. The van der Waals surface area contributed by atoms with Gasteiger partial charge in [-0.1, -0.05) is 6.92 Å². The van der Waals surface area contributed by atoms with Gasteiger partial charge < -0.3 is 20.1 Å². The van der Waals surface area contributed by atoms with Crippen LogP contribution in [0.15, 0.2) is 0 Å². The van der Waals surface area contributed by atoms with Crippen LogP contribution in [0.2, 0.25) is 0 Å². The van der Waals surface area contributed by atoms with E-state index in [-0.39, 0.29) is 6.54 Å². The van der Waals surface area contributed by atoms with E-state index in [0.717, 1.165) is 0 Å². The number of imide groups is 1. The van der Waals surface area contributed by atoms with Gasteiger partial charge in [0.1, 0.15) is 12.2 Å². The molecule has 0 bridgehead atoms. The Labute approximate surface area is 122 Å². The number of rotatable bonds is 2.